The molecule has 2 aromatic rings. The Morgan fingerprint density at radius 2 is 2.00 bits per heavy atom. The molecule has 0 saturated carbocycles. The highest BCUT2D eigenvalue weighted by Gasteiger charge is 2.41. The zero-order valence-corrected chi connectivity index (χ0v) is 14.0. The Balaban J connectivity index is 1.63. The van der Waals surface area contributed by atoms with E-state index in [-0.39, 0.29) is 18.1 Å². The second-order valence-electron chi connectivity index (χ2n) is 6.64. The van der Waals surface area contributed by atoms with Crippen molar-refractivity contribution in [2.75, 3.05) is 6.54 Å². The zero-order valence-electron chi connectivity index (χ0n) is 14.0. The van der Waals surface area contributed by atoms with E-state index in [1.165, 1.54) is 0 Å². The molecule has 0 aliphatic carbocycles. The van der Waals surface area contributed by atoms with Crippen molar-refractivity contribution in [3.05, 3.63) is 36.2 Å². The van der Waals surface area contributed by atoms with E-state index in [1.54, 1.807) is 0 Å². The maximum Gasteiger partial charge on any atom is 0.317 e. The normalized spacial score (nSPS) is 22.1. The number of nitrogens with one attached hydrogen (secondary N) is 1. The summed E-state index contributed by atoms with van der Waals surface area (Å²) in [6, 6.07) is 10.7. The lowest BCUT2D eigenvalue weighted by Gasteiger charge is -2.28. The van der Waals surface area contributed by atoms with E-state index in [9.17, 15) is 4.79 Å². The summed E-state index contributed by atoms with van der Waals surface area (Å²) in [5.41, 5.74) is 1.08. The molecule has 4 rings (SSSR count). The molecule has 2 aliphatic heterocycles. The largest absolute Gasteiger partial charge is 0.338 e. The van der Waals surface area contributed by atoms with Gasteiger partial charge in [0.05, 0.1) is 6.04 Å². The van der Waals surface area contributed by atoms with Gasteiger partial charge >= 0.3 is 6.03 Å². The summed E-state index contributed by atoms with van der Waals surface area (Å²) in [5.74, 6) is 1.90. The lowest BCUT2D eigenvalue weighted by molar-refractivity contribution is 0.171. The number of benzene rings is 1. The first kappa shape index (κ1) is 15.2. The summed E-state index contributed by atoms with van der Waals surface area (Å²) in [6.07, 6.45) is 3.85. The summed E-state index contributed by atoms with van der Waals surface area (Å²) in [4.78, 5) is 14.6. The number of urea groups is 1. The Kier molecular flexibility index (Phi) is 3.96. The first-order valence-electron chi connectivity index (χ1n) is 8.81. The van der Waals surface area contributed by atoms with E-state index in [1.807, 2.05) is 18.2 Å². The Hall–Kier alpha value is -2.37. The molecular formula is C18H23N5O. The fraction of sp³-hybridized carbons (Fsp3) is 0.500. The minimum atomic E-state index is 0.0734. The van der Waals surface area contributed by atoms with Gasteiger partial charge in [-0.25, -0.2) is 4.79 Å². The summed E-state index contributed by atoms with van der Waals surface area (Å²) in [5, 5.41) is 11.9. The maximum absolute atomic E-state index is 12.6. The van der Waals surface area contributed by atoms with Crippen LogP contribution in [0.15, 0.2) is 30.3 Å². The van der Waals surface area contributed by atoms with Gasteiger partial charge in [-0.2, -0.15) is 0 Å². The number of fused-ring (bicyclic) bond motifs is 3. The molecule has 1 fully saturated rings. The van der Waals surface area contributed by atoms with E-state index < -0.39 is 0 Å². The van der Waals surface area contributed by atoms with Gasteiger partial charge in [-0.3, -0.25) is 0 Å². The van der Waals surface area contributed by atoms with Crippen LogP contribution in [0.1, 0.15) is 32.0 Å². The van der Waals surface area contributed by atoms with Crippen LogP contribution >= 0.6 is 0 Å². The topological polar surface area (TPSA) is 63.1 Å². The predicted octanol–water partition coefficient (Wildman–Crippen LogP) is 2.45. The second-order valence-corrected chi connectivity index (χ2v) is 6.64. The first-order chi connectivity index (χ1) is 11.8. The van der Waals surface area contributed by atoms with Gasteiger partial charge in [0.15, 0.2) is 5.82 Å². The van der Waals surface area contributed by atoms with E-state index >= 15 is 0 Å². The van der Waals surface area contributed by atoms with Crippen molar-refractivity contribution in [2.24, 2.45) is 0 Å². The standard InChI is InChI=1S/C18H23N5O/c1-2-10-19-18(24)23-14-8-9-15(23)12-22-16(11-14)20-21-17(22)13-6-4-3-5-7-13/h3-7,14-15H,2,8-12H2,1H3,(H,19,24)/t14-,15+/m0/s1. The van der Waals surface area contributed by atoms with Crippen molar-refractivity contribution in [3.8, 4) is 11.4 Å². The number of hydrogen-bond acceptors (Lipinski definition) is 3. The quantitative estimate of drug-likeness (QED) is 0.943. The molecular weight excluding hydrogens is 302 g/mol. The second kappa shape index (κ2) is 6.26. The first-order valence-corrected chi connectivity index (χ1v) is 8.81. The van der Waals surface area contributed by atoms with Crippen molar-refractivity contribution in [1.82, 2.24) is 25.0 Å². The molecule has 2 bridgehead atoms. The fourth-order valence-electron chi connectivity index (χ4n) is 3.90. The molecule has 1 saturated heterocycles. The molecule has 126 valence electrons. The monoisotopic (exact) mass is 325 g/mol. The molecule has 6 heteroatoms. The Bertz CT molecular complexity index is 726. The van der Waals surface area contributed by atoms with Gasteiger partial charge in [0.2, 0.25) is 0 Å². The number of hydrogen-bond donors (Lipinski definition) is 1. The van der Waals surface area contributed by atoms with Crippen LogP contribution in [0.5, 0.6) is 0 Å². The van der Waals surface area contributed by atoms with Crippen LogP contribution in [0.25, 0.3) is 11.4 Å². The van der Waals surface area contributed by atoms with Crippen LogP contribution in [-0.4, -0.2) is 44.3 Å². The third kappa shape index (κ3) is 2.56. The van der Waals surface area contributed by atoms with Crippen LogP contribution in [0.4, 0.5) is 4.79 Å². The number of nitrogens with zero attached hydrogens (tertiary/aromatic N) is 4. The van der Waals surface area contributed by atoms with Gasteiger partial charge < -0.3 is 14.8 Å². The Morgan fingerprint density at radius 1 is 1.21 bits per heavy atom. The summed E-state index contributed by atoms with van der Waals surface area (Å²) in [7, 11) is 0. The van der Waals surface area contributed by atoms with Crippen molar-refractivity contribution in [1.29, 1.82) is 0 Å². The van der Waals surface area contributed by atoms with Crippen LogP contribution in [0.3, 0.4) is 0 Å². The zero-order chi connectivity index (χ0) is 16.5. The number of rotatable bonds is 3. The van der Waals surface area contributed by atoms with Gasteiger partial charge in [-0.05, 0) is 19.3 Å². The van der Waals surface area contributed by atoms with Gasteiger partial charge in [-0.15, -0.1) is 10.2 Å². The highest BCUT2D eigenvalue weighted by Crippen LogP contribution is 2.33. The van der Waals surface area contributed by atoms with Gasteiger partial charge in [0.1, 0.15) is 5.82 Å². The number of aromatic nitrogens is 3. The number of amides is 2. The molecule has 0 spiro atoms. The predicted molar refractivity (Wildman–Crippen MR) is 91.5 cm³/mol. The SMILES string of the molecule is CCCNC(=O)N1[C@@H]2CC[C@H]1Cc1nnc(-c3ccccc3)n1C2. The van der Waals surface area contributed by atoms with Gasteiger partial charge in [0.25, 0.3) is 0 Å². The molecule has 1 aromatic heterocycles. The smallest absolute Gasteiger partial charge is 0.317 e. The molecule has 0 radical (unpaired) electrons. The molecule has 2 amide bonds. The number of carbonyl (C=O) groups excluding carboxylic acids is 1. The van der Waals surface area contributed by atoms with Crippen molar-refractivity contribution in [2.45, 2.75) is 51.2 Å². The molecule has 2 aliphatic rings. The Labute approximate surface area is 141 Å². The van der Waals surface area contributed by atoms with Gasteiger partial charge in [0, 0.05) is 31.1 Å². The van der Waals surface area contributed by atoms with Crippen LogP contribution in [0.2, 0.25) is 0 Å². The van der Waals surface area contributed by atoms with Crippen molar-refractivity contribution in [3.63, 3.8) is 0 Å². The molecule has 6 nitrogen and oxygen atoms in total. The van der Waals surface area contributed by atoms with E-state index in [0.717, 1.165) is 56.0 Å². The highest BCUT2D eigenvalue weighted by atomic mass is 16.2. The molecule has 0 unspecified atom stereocenters. The van der Waals surface area contributed by atoms with Crippen LogP contribution in [0, 0.1) is 0 Å². The van der Waals surface area contributed by atoms with Crippen LogP contribution in [-0.2, 0) is 13.0 Å². The lowest BCUT2D eigenvalue weighted by atomic mass is 10.1. The molecule has 1 aromatic carbocycles. The molecule has 1 N–H and O–H groups in total. The summed E-state index contributed by atoms with van der Waals surface area (Å²) < 4.78 is 2.21. The fourth-order valence-corrected chi connectivity index (χ4v) is 3.90. The third-order valence-electron chi connectivity index (χ3n) is 5.05. The highest BCUT2D eigenvalue weighted by molar-refractivity contribution is 5.75. The molecule has 2 atom stereocenters. The third-order valence-corrected chi connectivity index (χ3v) is 5.05. The van der Waals surface area contributed by atoms with E-state index in [0.29, 0.717) is 0 Å². The molecule has 3 heterocycles. The van der Waals surface area contributed by atoms with Crippen molar-refractivity contribution < 1.29 is 4.79 Å². The van der Waals surface area contributed by atoms with Crippen LogP contribution < -0.4 is 5.32 Å². The maximum atomic E-state index is 12.6. The van der Waals surface area contributed by atoms with Crippen molar-refractivity contribution >= 4 is 6.03 Å². The Morgan fingerprint density at radius 3 is 2.79 bits per heavy atom. The average molecular weight is 325 g/mol. The summed E-state index contributed by atoms with van der Waals surface area (Å²) >= 11 is 0. The van der Waals surface area contributed by atoms with Gasteiger partial charge in [-0.1, -0.05) is 37.3 Å². The summed E-state index contributed by atoms with van der Waals surface area (Å²) in [6.45, 7) is 3.59. The molecule has 24 heavy (non-hydrogen) atoms. The van der Waals surface area contributed by atoms with E-state index in [4.69, 9.17) is 0 Å². The van der Waals surface area contributed by atoms with E-state index in [2.05, 4.69) is 44.0 Å². The minimum Gasteiger partial charge on any atom is -0.338 e. The minimum absolute atomic E-state index is 0.0734. The number of carbonyl (C=O) groups is 1. The average Bonchev–Trinajstić information content (AvgIpc) is 3.13. The lowest BCUT2D eigenvalue weighted by Crippen LogP contribution is -2.47.